The maximum Gasteiger partial charge on any atom is 0.283 e. The molecule has 0 aliphatic heterocycles. The predicted octanol–water partition coefficient (Wildman–Crippen LogP) is 2.57. The summed E-state index contributed by atoms with van der Waals surface area (Å²) in [4.78, 5) is 16.9. The number of halogens is 2. The fraction of sp³-hybridized carbons (Fsp3) is 0.125. The van der Waals surface area contributed by atoms with Crippen LogP contribution in [-0.2, 0) is 0 Å². The lowest BCUT2D eigenvalue weighted by atomic mass is 10.2. The highest BCUT2D eigenvalue weighted by Crippen LogP contribution is 2.16. The van der Waals surface area contributed by atoms with E-state index in [0.717, 1.165) is 4.68 Å². The minimum atomic E-state index is -0.661. The van der Waals surface area contributed by atoms with Crippen LogP contribution in [0.4, 0.5) is 14.5 Å². The second-order valence-corrected chi connectivity index (χ2v) is 5.15. The van der Waals surface area contributed by atoms with Gasteiger partial charge in [0.1, 0.15) is 22.8 Å². The average Bonchev–Trinajstić information content (AvgIpc) is 2.51. The van der Waals surface area contributed by atoms with Gasteiger partial charge in [-0.15, -0.1) is 0 Å². The monoisotopic (exact) mass is 316 g/mol. The lowest BCUT2D eigenvalue weighted by Crippen LogP contribution is -2.33. The molecular formula is C16H14F2N4O. The quantitative estimate of drug-likeness (QED) is 0.779. The van der Waals surface area contributed by atoms with Gasteiger partial charge in [-0.25, -0.2) is 18.4 Å². The second-order valence-electron chi connectivity index (χ2n) is 5.15. The molecule has 2 aromatic carbocycles. The summed E-state index contributed by atoms with van der Waals surface area (Å²) in [6, 6.07) is 9.06. The molecule has 0 radical (unpaired) electrons. The number of nitrogens with zero attached hydrogens (tertiary/aromatic N) is 2. The molecule has 1 aromatic heterocycles. The maximum atomic E-state index is 14.0. The van der Waals surface area contributed by atoms with Crippen LogP contribution in [-0.4, -0.2) is 9.66 Å². The molecule has 23 heavy (non-hydrogen) atoms. The third-order valence-electron chi connectivity index (χ3n) is 3.37. The van der Waals surface area contributed by atoms with Crippen molar-refractivity contribution in [3.63, 3.8) is 0 Å². The molecule has 0 aliphatic rings. The highest BCUT2D eigenvalue weighted by atomic mass is 19.1. The SMILES string of the molecule is C[C@H](N)c1nc2cccc(F)c2c(=O)n1Nc1ccc(F)cc1. The zero-order valence-electron chi connectivity index (χ0n) is 12.3. The van der Waals surface area contributed by atoms with Crippen molar-refractivity contribution < 1.29 is 8.78 Å². The summed E-state index contributed by atoms with van der Waals surface area (Å²) >= 11 is 0. The topological polar surface area (TPSA) is 72.9 Å². The standard InChI is InChI=1S/C16H14F2N4O/c1-9(19)15-20-13-4-2-3-12(18)14(13)16(23)22(15)21-11-7-5-10(17)6-8-11/h2-9,21H,19H2,1H3/t9-/m0/s1. The third-order valence-corrected chi connectivity index (χ3v) is 3.37. The van der Waals surface area contributed by atoms with Crippen LogP contribution in [0, 0.1) is 11.6 Å². The third kappa shape index (κ3) is 2.78. The molecule has 7 heteroatoms. The first-order chi connectivity index (χ1) is 11.0. The van der Waals surface area contributed by atoms with Gasteiger partial charge in [0.25, 0.3) is 5.56 Å². The van der Waals surface area contributed by atoms with Crippen LogP contribution in [0.2, 0.25) is 0 Å². The fourth-order valence-corrected chi connectivity index (χ4v) is 2.27. The molecule has 3 rings (SSSR count). The Kier molecular flexibility index (Phi) is 3.79. The van der Waals surface area contributed by atoms with E-state index in [4.69, 9.17) is 5.73 Å². The first kappa shape index (κ1) is 15.1. The molecule has 0 bridgehead atoms. The van der Waals surface area contributed by atoms with Crippen LogP contribution in [0.1, 0.15) is 18.8 Å². The first-order valence-corrected chi connectivity index (χ1v) is 6.96. The Hall–Kier alpha value is -2.80. The van der Waals surface area contributed by atoms with Crippen LogP contribution in [0.25, 0.3) is 10.9 Å². The molecule has 0 saturated heterocycles. The number of nitrogens with one attached hydrogen (secondary N) is 1. The number of hydrogen-bond acceptors (Lipinski definition) is 4. The van der Waals surface area contributed by atoms with E-state index in [1.54, 1.807) is 13.0 Å². The highest BCUT2D eigenvalue weighted by molar-refractivity contribution is 5.78. The van der Waals surface area contributed by atoms with E-state index in [0.29, 0.717) is 5.69 Å². The molecule has 0 aliphatic carbocycles. The van der Waals surface area contributed by atoms with Gasteiger partial charge in [-0.2, -0.15) is 0 Å². The molecule has 5 nitrogen and oxygen atoms in total. The molecule has 1 heterocycles. The Labute approximate surface area is 130 Å². The van der Waals surface area contributed by atoms with Gasteiger partial charge in [0.2, 0.25) is 0 Å². The van der Waals surface area contributed by atoms with Gasteiger partial charge < -0.3 is 5.73 Å². The summed E-state index contributed by atoms with van der Waals surface area (Å²) in [6.45, 7) is 1.66. The van der Waals surface area contributed by atoms with Crippen LogP contribution in [0.5, 0.6) is 0 Å². The zero-order chi connectivity index (χ0) is 16.6. The van der Waals surface area contributed by atoms with Crippen LogP contribution in [0.15, 0.2) is 47.3 Å². The second kappa shape index (κ2) is 5.77. The van der Waals surface area contributed by atoms with Crippen molar-refractivity contribution in [3.05, 3.63) is 70.3 Å². The summed E-state index contributed by atoms with van der Waals surface area (Å²) in [6.07, 6.45) is 0. The molecule has 0 fully saturated rings. The van der Waals surface area contributed by atoms with Crippen molar-refractivity contribution in [3.8, 4) is 0 Å². The van der Waals surface area contributed by atoms with E-state index >= 15 is 0 Å². The molecule has 0 spiro atoms. The van der Waals surface area contributed by atoms with E-state index in [2.05, 4.69) is 10.4 Å². The number of fused-ring (bicyclic) bond motifs is 1. The number of hydrogen-bond donors (Lipinski definition) is 2. The Morgan fingerprint density at radius 3 is 2.52 bits per heavy atom. The number of benzene rings is 2. The van der Waals surface area contributed by atoms with Crippen LogP contribution >= 0.6 is 0 Å². The molecule has 0 amide bonds. The van der Waals surface area contributed by atoms with E-state index in [9.17, 15) is 13.6 Å². The summed E-state index contributed by atoms with van der Waals surface area (Å²) in [7, 11) is 0. The number of aromatic nitrogens is 2. The lowest BCUT2D eigenvalue weighted by Gasteiger charge is -2.17. The highest BCUT2D eigenvalue weighted by Gasteiger charge is 2.16. The predicted molar refractivity (Wildman–Crippen MR) is 84.0 cm³/mol. The van der Waals surface area contributed by atoms with Crippen molar-refractivity contribution in [1.82, 2.24) is 9.66 Å². The Morgan fingerprint density at radius 2 is 1.87 bits per heavy atom. The van der Waals surface area contributed by atoms with Gasteiger partial charge in [-0.3, -0.25) is 10.2 Å². The minimum Gasteiger partial charge on any atom is -0.322 e. The molecular weight excluding hydrogens is 302 g/mol. The van der Waals surface area contributed by atoms with Gasteiger partial charge in [0, 0.05) is 0 Å². The molecule has 1 atom stereocenters. The van der Waals surface area contributed by atoms with Crippen molar-refractivity contribution in [2.45, 2.75) is 13.0 Å². The van der Waals surface area contributed by atoms with Crippen LogP contribution in [0.3, 0.4) is 0 Å². The average molecular weight is 316 g/mol. The van der Waals surface area contributed by atoms with Crippen molar-refractivity contribution in [1.29, 1.82) is 0 Å². The normalized spacial score (nSPS) is 12.3. The van der Waals surface area contributed by atoms with Crippen molar-refractivity contribution >= 4 is 16.6 Å². The van der Waals surface area contributed by atoms with E-state index < -0.39 is 23.2 Å². The maximum absolute atomic E-state index is 14.0. The first-order valence-electron chi connectivity index (χ1n) is 6.96. The zero-order valence-corrected chi connectivity index (χ0v) is 12.3. The number of nitrogens with two attached hydrogens (primary N) is 1. The molecule has 3 aromatic rings. The molecule has 118 valence electrons. The smallest absolute Gasteiger partial charge is 0.283 e. The van der Waals surface area contributed by atoms with E-state index in [1.807, 2.05) is 0 Å². The number of rotatable bonds is 3. The molecule has 3 N–H and O–H groups in total. The van der Waals surface area contributed by atoms with E-state index in [1.165, 1.54) is 36.4 Å². The van der Waals surface area contributed by atoms with Crippen molar-refractivity contribution in [2.24, 2.45) is 5.73 Å². The van der Waals surface area contributed by atoms with Gasteiger partial charge in [0.15, 0.2) is 0 Å². The summed E-state index contributed by atoms with van der Waals surface area (Å²) < 4.78 is 28.1. The van der Waals surface area contributed by atoms with Gasteiger partial charge in [0.05, 0.1) is 17.2 Å². The molecule has 0 unspecified atom stereocenters. The number of anilines is 1. The minimum absolute atomic E-state index is 0.133. The van der Waals surface area contributed by atoms with Gasteiger partial charge in [-0.1, -0.05) is 6.07 Å². The summed E-state index contributed by atoms with van der Waals surface area (Å²) in [5.41, 5.74) is 8.75. The fourth-order valence-electron chi connectivity index (χ4n) is 2.27. The van der Waals surface area contributed by atoms with Gasteiger partial charge in [-0.05, 0) is 43.3 Å². The van der Waals surface area contributed by atoms with E-state index in [-0.39, 0.29) is 16.7 Å². The van der Waals surface area contributed by atoms with Crippen molar-refractivity contribution in [2.75, 3.05) is 5.43 Å². The summed E-state index contributed by atoms with van der Waals surface area (Å²) in [5.74, 6) is -0.818. The Balaban J connectivity index is 2.23. The Morgan fingerprint density at radius 1 is 1.17 bits per heavy atom. The Bertz CT molecular complexity index is 920. The van der Waals surface area contributed by atoms with Crippen LogP contribution < -0.4 is 16.7 Å². The summed E-state index contributed by atoms with van der Waals surface area (Å²) in [5, 5.41) is -0.133. The molecule has 0 saturated carbocycles. The van der Waals surface area contributed by atoms with Gasteiger partial charge >= 0.3 is 0 Å². The largest absolute Gasteiger partial charge is 0.322 e. The lowest BCUT2D eigenvalue weighted by molar-refractivity contribution is 0.626.